The van der Waals surface area contributed by atoms with Crippen molar-refractivity contribution in [1.29, 1.82) is 0 Å². The zero-order valence-corrected chi connectivity index (χ0v) is 21.0. The summed E-state index contributed by atoms with van der Waals surface area (Å²) in [5.74, 6) is 1.07. The smallest absolute Gasteiger partial charge is 0.248 e. The predicted molar refractivity (Wildman–Crippen MR) is 141 cm³/mol. The SMILES string of the molecule is CC(C)c1ccc(-c2nnc(C3(O)CCN(C(=O)Cc4ccc5oc6ccccc6c5c4)CC3)o2)cc1. The maximum atomic E-state index is 13.1. The van der Waals surface area contributed by atoms with Gasteiger partial charge in [0.2, 0.25) is 17.7 Å². The number of fused-ring (bicyclic) bond motifs is 3. The number of rotatable bonds is 5. The first-order chi connectivity index (χ1) is 17.9. The molecule has 0 radical (unpaired) electrons. The third kappa shape index (κ3) is 4.40. The first-order valence-corrected chi connectivity index (χ1v) is 12.7. The molecular formula is C30H29N3O4. The molecule has 1 aliphatic heterocycles. The number of aliphatic hydroxyl groups is 1. The van der Waals surface area contributed by atoms with Crippen LogP contribution in [0.4, 0.5) is 0 Å². The summed E-state index contributed by atoms with van der Waals surface area (Å²) in [7, 11) is 0. The minimum atomic E-state index is -1.24. The lowest BCUT2D eigenvalue weighted by Gasteiger charge is -2.36. The highest BCUT2D eigenvalue weighted by Gasteiger charge is 2.40. The molecule has 7 heteroatoms. The van der Waals surface area contributed by atoms with Crippen LogP contribution in [-0.2, 0) is 16.8 Å². The Balaban J connectivity index is 1.12. The van der Waals surface area contributed by atoms with Gasteiger partial charge in [0.1, 0.15) is 16.8 Å². The van der Waals surface area contributed by atoms with Crippen LogP contribution >= 0.6 is 0 Å². The Labute approximate surface area is 214 Å². The van der Waals surface area contributed by atoms with Crippen LogP contribution in [-0.4, -0.2) is 39.2 Å². The Morgan fingerprint density at radius 2 is 1.68 bits per heavy atom. The second-order valence-corrected chi connectivity index (χ2v) is 10.2. The van der Waals surface area contributed by atoms with Gasteiger partial charge in [-0.1, -0.05) is 50.2 Å². The number of nitrogens with zero attached hydrogens (tertiary/aromatic N) is 3. The van der Waals surface area contributed by atoms with E-state index in [1.54, 1.807) is 4.90 Å². The highest BCUT2D eigenvalue weighted by atomic mass is 16.4. The first kappa shape index (κ1) is 23.4. The molecule has 1 aliphatic rings. The third-order valence-corrected chi connectivity index (χ3v) is 7.39. The number of furan rings is 1. The molecule has 1 saturated heterocycles. The number of carbonyl (C=O) groups is 1. The number of hydrogen-bond acceptors (Lipinski definition) is 6. The molecule has 0 spiro atoms. The molecule has 0 bridgehead atoms. The molecule has 3 aromatic carbocycles. The van der Waals surface area contributed by atoms with Gasteiger partial charge in [-0.15, -0.1) is 10.2 Å². The van der Waals surface area contributed by atoms with E-state index in [4.69, 9.17) is 8.83 Å². The number of piperidine rings is 1. The summed E-state index contributed by atoms with van der Waals surface area (Å²) in [5.41, 5.74) is 3.41. The summed E-state index contributed by atoms with van der Waals surface area (Å²) in [4.78, 5) is 14.9. The minimum Gasteiger partial charge on any atom is -0.456 e. The molecule has 37 heavy (non-hydrogen) atoms. The highest BCUT2D eigenvalue weighted by Crippen LogP contribution is 2.34. The lowest BCUT2D eigenvalue weighted by Crippen LogP contribution is -2.45. The summed E-state index contributed by atoms with van der Waals surface area (Å²) >= 11 is 0. The average Bonchev–Trinajstić information content (AvgIpc) is 3.55. The summed E-state index contributed by atoms with van der Waals surface area (Å²) in [6.07, 6.45) is 0.987. The predicted octanol–water partition coefficient (Wildman–Crippen LogP) is 5.81. The van der Waals surface area contributed by atoms with Gasteiger partial charge < -0.3 is 18.8 Å². The fraction of sp³-hybridized carbons (Fsp3) is 0.300. The second-order valence-electron chi connectivity index (χ2n) is 10.2. The molecule has 3 heterocycles. The van der Waals surface area contributed by atoms with E-state index in [9.17, 15) is 9.90 Å². The van der Waals surface area contributed by atoms with E-state index in [0.717, 1.165) is 33.1 Å². The van der Waals surface area contributed by atoms with Gasteiger partial charge in [-0.3, -0.25) is 4.79 Å². The maximum absolute atomic E-state index is 13.1. The van der Waals surface area contributed by atoms with Crippen molar-refractivity contribution in [1.82, 2.24) is 15.1 Å². The topological polar surface area (TPSA) is 92.6 Å². The molecule has 188 valence electrons. The molecule has 6 rings (SSSR count). The lowest BCUT2D eigenvalue weighted by atomic mass is 9.91. The molecule has 0 unspecified atom stereocenters. The zero-order valence-electron chi connectivity index (χ0n) is 21.0. The van der Waals surface area contributed by atoms with Crippen molar-refractivity contribution in [2.75, 3.05) is 13.1 Å². The number of benzene rings is 3. The van der Waals surface area contributed by atoms with E-state index in [-0.39, 0.29) is 11.8 Å². The van der Waals surface area contributed by atoms with Gasteiger partial charge in [-0.25, -0.2) is 0 Å². The van der Waals surface area contributed by atoms with Crippen LogP contribution in [0, 0.1) is 0 Å². The van der Waals surface area contributed by atoms with Gasteiger partial charge in [-0.05, 0) is 47.4 Å². The van der Waals surface area contributed by atoms with E-state index >= 15 is 0 Å². The molecule has 2 aromatic heterocycles. The summed E-state index contributed by atoms with van der Waals surface area (Å²) in [6.45, 7) is 5.14. The molecule has 1 amide bonds. The summed E-state index contributed by atoms with van der Waals surface area (Å²) in [5, 5.41) is 21.6. The number of para-hydroxylation sites is 1. The van der Waals surface area contributed by atoms with Crippen LogP contribution in [0.15, 0.2) is 75.6 Å². The van der Waals surface area contributed by atoms with E-state index in [2.05, 4.69) is 36.2 Å². The van der Waals surface area contributed by atoms with Gasteiger partial charge in [-0.2, -0.15) is 0 Å². The van der Waals surface area contributed by atoms with E-state index < -0.39 is 5.60 Å². The lowest BCUT2D eigenvalue weighted by molar-refractivity contribution is -0.135. The van der Waals surface area contributed by atoms with Crippen LogP contribution < -0.4 is 0 Å². The second kappa shape index (κ2) is 9.16. The van der Waals surface area contributed by atoms with Crippen LogP contribution in [0.3, 0.4) is 0 Å². The average molecular weight is 496 g/mol. The van der Waals surface area contributed by atoms with E-state index in [1.807, 2.05) is 54.6 Å². The van der Waals surface area contributed by atoms with Crippen molar-refractivity contribution in [3.05, 3.63) is 83.7 Å². The van der Waals surface area contributed by atoms with Gasteiger partial charge in [0, 0.05) is 42.3 Å². The molecule has 5 aromatic rings. The molecule has 1 fully saturated rings. The Hall–Kier alpha value is -3.97. The largest absolute Gasteiger partial charge is 0.456 e. The number of hydrogen-bond donors (Lipinski definition) is 1. The molecule has 0 saturated carbocycles. The zero-order chi connectivity index (χ0) is 25.6. The molecular weight excluding hydrogens is 466 g/mol. The number of carbonyl (C=O) groups excluding carboxylic acids is 1. The minimum absolute atomic E-state index is 0.0330. The van der Waals surface area contributed by atoms with Crippen LogP contribution in [0.2, 0.25) is 0 Å². The Kier molecular flexibility index (Phi) is 5.80. The Morgan fingerprint density at radius 1 is 0.946 bits per heavy atom. The quantitative estimate of drug-likeness (QED) is 0.331. The number of aromatic nitrogens is 2. The van der Waals surface area contributed by atoms with Gasteiger partial charge in [0.15, 0.2) is 0 Å². The summed E-state index contributed by atoms with van der Waals surface area (Å²) in [6, 6.07) is 21.8. The first-order valence-electron chi connectivity index (χ1n) is 12.7. The number of likely N-dealkylation sites (tertiary alicyclic amines) is 1. The Bertz CT molecular complexity index is 1570. The van der Waals surface area contributed by atoms with Crippen molar-refractivity contribution < 1.29 is 18.7 Å². The van der Waals surface area contributed by atoms with Crippen molar-refractivity contribution in [3.8, 4) is 11.5 Å². The van der Waals surface area contributed by atoms with Crippen LogP contribution in [0.5, 0.6) is 0 Å². The standard InChI is InChI=1S/C30H29N3O4/c1-19(2)21-8-10-22(11-9-21)28-31-32-29(37-28)30(35)13-15-33(16-14-30)27(34)18-20-7-12-26-24(17-20)23-5-3-4-6-25(23)36-26/h3-12,17,19,35H,13-16,18H2,1-2H3. The van der Waals surface area contributed by atoms with Crippen molar-refractivity contribution >= 4 is 27.8 Å². The number of amides is 1. The van der Waals surface area contributed by atoms with Crippen molar-refractivity contribution in [2.24, 2.45) is 0 Å². The van der Waals surface area contributed by atoms with Gasteiger partial charge in [0.05, 0.1) is 6.42 Å². The molecule has 0 atom stereocenters. The maximum Gasteiger partial charge on any atom is 0.248 e. The van der Waals surface area contributed by atoms with E-state index in [0.29, 0.717) is 44.2 Å². The molecule has 0 aliphatic carbocycles. The van der Waals surface area contributed by atoms with Crippen LogP contribution in [0.25, 0.3) is 33.4 Å². The molecule has 7 nitrogen and oxygen atoms in total. The summed E-state index contributed by atoms with van der Waals surface area (Å²) < 4.78 is 11.8. The Morgan fingerprint density at radius 3 is 2.43 bits per heavy atom. The normalized spacial score (nSPS) is 15.6. The van der Waals surface area contributed by atoms with Crippen molar-refractivity contribution in [3.63, 3.8) is 0 Å². The van der Waals surface area contributed by atoms with Crippen LogP contribution in [0.1, 0.15) is 49.6 Å². The third-order valence-electron chi connectivity index (χ3n) is 7.39. The fourth-order valence-electron chi connectivity index (χ4n) is 5.05. The van der Waals surface area contributed by atoms with Crippen molar-refractivity contribution in [2.45, 2.75) is 44.6 Å². The van der Waals surface area contributed by atoms with Gasteiger partial charge in [0.25, 0.3) is 0 Å². The fourth-order valence-corrected chi connectivity index (χ4v) is 5.05. The van der Waals surface area contributed by atoms with E-state index in [1.165, 1.54) is 5.56 Å². The highest BCUT2D eigenvalue weighted by molar-refractivity contribution is 6.05. The molecule has 1 N–H and O–H groups in total. The van der Waals surface area contributed by atoms with Gasteiger partial charge >= 0.3 is 0 Å². The monoisotopic (exact) mass is 495 g/mol.